The Hall–Kier alpha value is -4.24. The molecule has 3 aliphatic rings. The van der Waals surface area contributed by atoms with Gasteiger partial charge in [0.05, 0.1) is 11.2 Å². The van der Waals surface area contributed by atoms with Crippen LogP contribution in [0.4, 0.5) is 11.4 Å². The van der Waals surface area contributed by atoms with Gasteiger partial charge >= 0.3 is 0 Å². The molecule has 3 heterocycles. The van der Waals surface area contributed by atoms with Crippen molar-refractivity contribution >= 4 is 22.4 Å². The van der Waals surface area contributed by atoms with Crippen molar-refractivity contribution in [1.82, 2.24) is 9.55 Å². The number of hydrogen-bond donors (Lipinski definition) is 0. The molecule has 2 saturated carbocycles. The van der Waals surface area contributed by atoms with Crippen LogP contribution in [0.2, 0.25) is 0 Å². The number of nitrogens with zero attached hydrogens (tertiary/aromatic N) is 6. The van der Waals surface area contributed by atoms with E-state index in [1.165, 1.54) is 35.1 Å². The van der Waals surface area contributed by atoms with Crippen molar-refractivity contribution < 1.29 is 9.47 Å². The highest BCUT2D eigenvalue weighted by atomic mass is 16.7. The second kappa shape index (κ2) is 10.4. The maximum Gasteiger partial charge on any atom is 0.270 e. The van der Waals surface area contributed by atoms with E-state index in [1.807, 2.05) is 7.05 Å². The first-order valence-corrected chi connectivity index (χ1v) is 14.1. The van der Waals surface area contributed by atoms with Crippen molar-refractivity contribution in [3.8, 4) is 23.6 Å². The topological polar surface area (TPSA) is 107 Å². The fourth-order valence-electron chi connectivity index (χ4n) is 6.58. The average Bonchev–Trinajstić information content (AvgIpc) is 3.40. The van der Waals surface area contributed by atoms with E-state index < -0.39 is 0 Å². The summed E-state index contributed by atoms with van der Waals surface area (Å²) in [4.78, 5) is 22.3. The van der Waals surface area contributed by atoms with Crippen LogP contribution in [-0.2, 0) is 7.05 Å². The minimum atomic E-state index is -0.345. The van der Waals surface area contributed by atoms with Crippen molar-refractivity contribution in [3.05, 3.63) is 51.4 Å². The molecule has 9 heteroatoms. The van der Waals surface area contributed by atoms with Crippen molar-refractivity contribution in [2.75, 3.05) is 30.2 Å². The summed E-state index contributed by atoms with van der Waals surface area (Å²) in [6.45, 7) is 3.47. The van der Waals surface area contributed by atoms with Gasteiger partial charge < -0.3 is 23.8 Å². The highest BCUT2D eigenvalue weighted by Crippen LogP contribution is 2.42. The molecule has 1 aromatic carbocycles. The Balaban J connectivity index is 1.29. The number of aromatic nitrogens is 2. The number of ether oxygens (including phenoxy) is 2. The highest BCUT2D eigenvalue weighted by molar-refractivity contribution is 5.92. The third-order valence-corrected chi connectivity index (χ3v) is 9.13. The van der Waals surface area contributed by atoms with Gasteiger partial charge in [0.1, 0.15) is 28.9 Å². The molecular formula is C31H34N6O3. The smallest absolute Gasteiger partial charge is 0.270 e. The summed E-state index contributed by atoms with van der Waals surface area (Å²) in [5.74, 6) is 2.35. The third kappa shape index (κ3) is 4.40. The summed E-state index contributed by atoms with van der Waals surface area (Å²) in [5.41, 5.74) is 4.08. The third-order valence-electron chi connectivity index (χ3n) is 9.13. The Morgan fingerprint density at radius 2 is 1.73 bits per heavy atom. The molecule has 0 atom stereocenters. The van der Waals surface area contributed by atoms with Crippen LogP contribution in [0.1, 0.15) is 61.8 Å². The van der Waals surface area contributed by atoms with Gasteiger partial charge in [-0.15, -0.1) is 0 Å². The molecule has 6 rings (SSSR count). The fraction of sp³-hybridized carbons (Fsp3) is 0.484. The Morgan fingerprint density at radius 3 is 2.38 bits per heavy atom. The van der Waals surface area contributed by atoms with Crippen LogP contribution in [0.5, 0.6) is 11.5 Å². The van der Waals surface area contributed by atoms with Crippen LogP contribution in [0, 0.1) is 35.5 Å². The average molecular weight is 539 g/mol. The number of aryl methyl sites for hydroxylation is 2. The van der Waals surface area contributed by atoms with Crippen molar-refractivity contribution in [2.24, 2.45) is 13.0 Å². The standard InChI is InChI=1S/C31H34N6O3/c1-19-13-27-28(40-18-39-27)14-26(19)37(17-20-5-4-6-20)23-10-8-22(9-11-23)35(2)30-24(16-33)31(38)36(3)25-12-7-21(15-32)34-29(25)30/h7,12-14,20,22-23H,4-6,8-11,17-18H2,1-3H3/t22-,23-. The second-order valence-corrected chi connectivity index (χ2v) is 11.4. The quantitative estimate of drug-likeness (QED) is 0.442. The van der Waals surface area contributed by atoms with Gasteiger partial charge in [-0.1, -0.05) is 6.42 Å². The Bertz CT molecular complexity index is 1600. The minimum absolute atomic E-state index is 0.0739. The van der Waals surface area contributed by atoms with E-state index in [0.717, 1.165) is 49.6 Å². The fourth-order valence-corrected chi connectivity index (χ4v) is 6.58. The summed E-state index contributed by atoms with van der Waals surface area (Å²) < 4.78 is 12.8. The number of nitriles is 2. The number of anilines is 2. The van der Waals surface area contributed by atoms with E-state index in [-0.39, 0.29) is 29.7 Å². The lowest BCUT2D eigenvalue weighted by Crippen LogP contribution is -2.46. The largest absolute Gasteiger partial charge is 0.454 e. The van der Waals surface area contributed by atoms with Gasteiger partial charge in [0.25, 0.3) is 5.56 Å². The molecule has 0 saturated heterocycles. The lowest BCUT2D eigenvalue weighted by molar-refractivity contribution is 0.174. The first kappa shape index (κ1) is 26.0. The number of benzene rings is 1. The normalized spacial score (nSPS) is 20.0. The molecule has 2 aromatic heterocycles. The maximum absolute atomic E-state index is 13.1. The van der Waals surface area contributed by atoms with Crippen LogP contribution < -0.4 is 24.8 Å². The van der Waals surface area contributed by atoms with E-state index in [0.29, 0.717) is 22.8 Å². The van der Waals surface area contributed by atoms with Crippen molar-refractivity contribution in [1.29, 1.82) is 10.5 Å². The van der Waals surface area contributed by atoms with Gasteiger partial charge in [-0.3, -0.25) is 4.79 Å². The van der Waals surface area contributed by atoms with Crippen LogP contribution in [-0.4, -0.2) is 42.0 Å². The lowest BCUT2D eigenvalue weighted by atomic mass is 9.83. The zero-order valence-electron chi connectivity index (χ0n) is 23.3. The number of rotatable bonds is 6. The predicted octanol–water partition coefficient (Wildman–Crippen LogP) is 4.77. The molecular weight excluding hydrogens is 504 g/mol. The van der Waals surface area contributed by atoms with E-state index in [1.54, 1.807) is 19.2 Å². The second-order valence-electron chi connectivity index (χ2n) is 11.4. The van der Waals surface area contributed by atoms with Gasteiger partial charge in [0.2, 0.25) is 6.79 Å². The zero-order valence-corrected chi connectivity index (χ0v) is 23.3. The molecule has 0 bridgehead atoms. The molecule has 0 spiro atoms. The van der Waals surface area contributed by atoms with E-state index in [9.17, 15) is 15.3 Å². The van der Waals surface area contributed by atoms with Crippen molar-refractivity contribution in [2.45, 2.75) is 64.0 Å². The van der Waals surface area contributed by atoms with E-state index in [2.05, 4.69) is 46.0 Å². The predicted molar refractivity (Wildman–Crippen MR) is 153 cm³/mol. The molecule has 3 aromatic rings. The van der Waals surface area contributed by atoms with Crippen molar-refractivity contribution in [3.63, 3.8) is 0 Å². The van der Waals surface area contributed by atoms with Gasteiger partial charge in [0, 0.05) is 44.5 Å². The molecule has 2 aliphatic carbocycles. The Morgan fingerprint density at radius 1 is 1.02 bits per heavy atom. The summed E-state index contributed by atoms with van der Waals surface area (Å²) in [6.07, 6.45) is 7.71. The van der Waals surface area contributed by atoms with Crippen LogP contribution in [0.3, 0.4) is 0 Å². The van der Waals surface area contributed by atoms with Gasteiger partial charge in [0.15, 0.2) is 11.5 Å². The van der Waals surface area contributed by atoms with Crippen LogP contribution in [0.15, 0.2) is 29.1 Å². The summed E-state index contributed by atoms with van der Waals surface area (Å²) in [5, 5.41) is 19.5. The molecule has 9 nitrogen and oxygen atoms in total. The Labute approximate surface area is 234 Å². The molecule has 40 heavy (non-hydrogen) atoms. The molecule has 1 aliphatic heterocycles. The number of hydrogen-bond acceptors (Lipinski definition) is 8. The zero-order chi connectivity index (χ0) is 28.0. The SMILES string of the molecule is Cc1cc2c(cc1N(CC1CCC1)[C@H]1CC[C@H](N(C)c3c(C#N)c(=O)n(C)c4ccc(C#N)nc34)CC1)OCO2. The van der Waals surface area contributed by atoms with E-state index in [4.69, 9.17) is 9.47 Å². The van der Waals surface area contributed by atoms with Gasteiger partial charge in [-0.05, 0) is 75.1 Å². The molecule has 0 radical (unpaired) electrons. The highest BCUT2D eigenvalue weighted by Gasteiger charge is 2.34. The molecule has 0 N–H and O–H groups in total. The molecule has 206 valence electrons. The molecule has 0 unspecified atom stereocenters. The first-order valence-electron chi connectivity index (χ1n) is 14.1. The lowest BCUT2D eigenvalue weighted by Gasteiger charge is -2.44. The monoisotopic (exact) mass is 538 g/mol. The summed E-state index contributed by atoms with van der Waals surface area (Å²) in [6, 6.07) is 12.4. The van der Waals surface area contributed by atoms with Crippen LogP contribution in [0.25, 0.3) is 11.0 Å². The summed E-state index contributed by atoms with van der Waals surface area (Å²) in [7, 11) is 3.60. The summed E-state index contributed by atoms with van der Waals surface area (Å²) >= 11 is 0. The Kier molecular flexibility index (Phi) is 6.75. The number of pyridine rings is 2. The maximum atomic E-state index is 13.1. The first-order chi connectivity index (χ1) is 19.4. The molecule has 2 fully saturated rings. The van der Waals surface area contributed by atoms with Crippen LogP contribution >= 0.6 is 0 Å². The van der Waals surface area contributed by atoms with Gasteiger partial charge in [-0.25, -0.2) is 4.98 Å². The van der Waals surface area contributed by atoms with Gasteiger partial charge in [-0.2, -0.15) is 10.5 Å². The minimum Gasteiger partial charge on any atom is -0.454 e. The number of fused-ring (bicyclic) bond motifs is 2. The molecule has 0 amide bonds. The van der Waals surface area contributed by atoms with E-state index >= 15 is 0 Å².